The second-order valence-electron chi connectivity index (χ2n) is 9.65. The highest BCUT2D eigenvalue weighted by Gasteiger charge is 2.33. The number of aromatic nitrogens is 3. The van der Waals surface area contributed by atoms with Gasteiger partial charge in [-0.1, -0.05) is 50.2 Å². The zero-order valence-corrected chi connectivity index (χ0v) is 20.9. The van der Waals surface area contributed by atoms with Crippen molar-refractivity contribution < 1.29 is 9.66 Å². The minimum Gasteiger partial charge on any atom is -0.365 e. The number of nitro groups is 1. The summed E-state index contributed by atoms with van der Waals surface area (Å²) in [5.41, 5.74) is 4.03. The van der Waals surface area contributed by atoms with Crippen molar-refractivity contribution in [3.63, 3.8) is 0 Å². The molecule has 0 N–H and O–H groups in total. The first-order valence-corrected chi connectivity index (χ1v) is 11.9. The molecule has 2 aromatic heterocycles. The van der Waals surface area contributed by atoms with Gasteiger partial charge in [-0.15, -0.1) is 0 Å². The highest BCUT2D eigenvalue weighted by Crippen LogP contribution is 2.41. The summed E-state index contributed by atoms with van der Waals surface area (Å²) in [5, 5.41) is 12.0. The highest BCUT2D eigenvalue weighted by molar-refractivity contribution is 5.97. The summed E-state index contributed by atoms with van der Waals surface area (Å²) in [7, 11) is 3.08. The van der Waals surface area contributed by atoms with Crippen molar-refractivity contribution in [3.05, 3.63) is 95.8 Å². The number of benzene rings is 2. The van der Waals surface area contributed by atoms with Gasteiger partial charge >= 0.3 is 5.69 Å². The fourth-order valence-corrected chi connectivity index (χ4v) is 5.14. The van der Waals surface area contributed by atoms with Crippen LogP contribution in [0.4, 0.5) is 5.69 Å². The minimum absolute atomic E-state index is 0.0225. The molecule has 4 aromatic rings. The third kappa shape index (κ3) is 3.50. The van der Waals surface area contributed by atoms with Crippen LogP contribution in [0.1, 0.15) is 48.3 Å². The molecule has 0 saturated heterocycles. The quantitative estimate of drug-likeness (QED) is 0.317. The molecule has 36 heavy (non-hydrogen) atoms. The Morgan fingerprint density at radius 3 is 2.39 bits per heavy atom. The second kappa shape index (κ2) is 8.60. The van der Waals surface area contributed by atoms with E-state index < -0.39 is 22.3 Å². The maximum absolute atomic E-state index is 13.5. The lowest BCUT2D eigenvalue weighted by molar-refractivity contribution is -0.385. The number of nitro benzene ring substituents is 1. The molecule has 0 spiro atoms. The molecule has 0 aliphatic carbocycles. The minimum atomic E-state index is -0.505. The van der Waals surface area contributed by atoms with Crippen LogP contribution in [0.5, 0.6) is 0 Å². The van der Waals surface area contributed by atoms with E-state index in [2.05, 4.69) is 26.0 Å². The Hall–Kier alpha value is -3.98. The molecule has 1 aliphatic heterocycles. The maximum atomic E-state index is 13.5. The van der Waals surface area contributed by atoms with Crippen LogP contribution < -0.4 is 11.2 Å². The summed E-state index contributed by atoms with van der Waals surface area (Å²) in [4.78, 5) is 37.8. The molecule has 5 rings (SSSR count). The van der Waals surface area contributed by atoms with Gasteiger partial charge in [0.15, 0.2) is 0 Å². The number of aryl methyl sites for hydroxylation is 2. The van der Waals surface area contributed by atoms with Crippen LogP contribution in [0.2, 0.25) is 0 Å². The molecule has 3 heterocycles. The molecule has 9 heteroatoms. The Morgan fingerprint density at radius 2 is 1.75 bits per heavy atom. The first kappa shape index (κ1) is 23.7. The van der Waals surface area contributed by atoms with Crippen molar-refractivity contribution in [2.45, 2.75) is 39.3 Å². The number of fused-ring (bicyclic) bond motifs is 3. The molecule has 186 valence electrons. The molecule has 0 amide bonds. The van der Waals surface area contributed by atoms with Gasteiger partial charge in [0.05, 0.1) is 33.8 Å². The number of hydrogen-bond donors (Lipinski definition) is 0. The molecule has 0 radical (unpaired) electrons. The summed E-state index contributed by atoms with van der Waals surface area (Å²) in [6.45, 7) is 6.77. The first-order chi connectivity index (χ1) is 17.1. The van der Waals surface area contributed by atoms with Crippen LogP contribution >= 0.6 is 0 Å². The van der Waals surface area contributed by atoms with Gasteiger partial charge in [-0.3, -0.25) is 24.0 Å². The number of rotatable bonds is 4. The Morgan fingerprint density at radius 1 is 1.06 bits per heavy atom. The van der Waals surface area contributed by atoms with Crippen LogP contribution in [0, 0.1) is 17.0 Å². The molecule has 0 bridgehead atoms. The van der Waals surface area contributed by atoms with E-state index in [1.807, 2.05) is 16.7 Å². The zero-order chi connectivity index (χ0) is 25.9. The molecule has 2 aromatic carbocycles. The van der Waals surface area contributed by atoms with Crippen LogP contribution in [0.15, 0.2) is 52.1 Å². The van der Waals surface area contributed by atoms with Gasteiger partial charge in [-0.25, -0.2) is 4.79 Å². The van der Waals surface area contributed by atoms with Crippen LogP contribution in [0.25, 0.3) is 22.2 Å². The summed E-state index contributed by atoms with van der Waals surface area (Å²) in [6.07, 6.45) is -0.505. The van der Waals surface area contributed by atoms with E-state index in [0.717, 1.165) is 10.1 Å². The van der Waals surface area contributed by atoms with Crippen molar-refractivity contribution in [1.29, 1.82) is 0 Å². The standard InChI is InChI=1S/C27H28N4O5/c1-15(2)17-8-10-18(11-9-17)25-24-23-21(26(32)29(5)27(33)28(23)4)22(30(24)12-13-36-25)19-7-6-16(3)20(14-19)31(34)35/h6-11,14-15,25H,12-13H2,1-5H3/t25-/m0/s1. The van der Waals surface area contributed by atoms with E-state index in [9.17, 15) is 19.7 Å². The SMILES string of the molecule is Cc1ccc(-c2c3c(=O)n(C)c(=O)n(C)c3c3n2CCO[C@H]3c2ccc(C(C)C)cc2)cc1[N+](=O)[O-]. The van der Waals surface area contributed by atoms with Crippen molar-refractivity contribution >= 4 is 16.6 Å². The molecule has 0 unspecified atom stereocenters. The molecular weight excluding hydrogens is 460 g/mol. The summed E-state index contributed by atoms with van der Waals surface area (Å²) in [5.74, 6) is 0.379. The third-order valence-corrected chi connectivity index (χ3v) is 7.14. The van der Waals surface area contributed by atoms with Gasteiger partial charge in [0.25, 0.3) is 11.2 Å². The largest absolute Gasteiger partial charge is 0.365 e. The fraction of sp³-hybridized carbons (Fsp3) is 0.333. The van der Waals surface area contributed by atoms with Gasteiger partial charge in [0, 0.05) is 37.8 Å². The topological polar surface area (TPSA) is 101 Å². The van der Waals surface area contributed by atoms with Gasteiger partial charge < -0.3 is 9.30 Å². The van der Waals surface area contributed by atoms with Gasteiger partial charge in [0.1, 0.15) is 6.10 Å². The van der Waals surface area contributed by atoms with Gasteiger partial charge in [0.2, 0.25) is 0 Å². The summed E-state index contributed by atoms with van der Waals surface area (Å²) >= 11 is 0. The second-order valence-corrected chi connectivity index (χ2v) is 9.65. The van der Waals surface area contributed by atoms with E-state index in [1.165, 1.54) is 23.2 Å². The Kier molecular flexibility index (Phi) is 5.67. The third-order valence-electron chi connectivity index (χ3n) is 7.14. The lowest BCUT2D eigenvalue weighted by atomic mass is 9.98. The predicted molar refractivity (Wildman–Crippen MR) is 138 cm³/mol. The van der Waals surface area contributed by atoms with Crippen LogP contribution in [-0.4, -0.2) is 25.2 Å². The van der Waals surface area contributed by atoms with Crippen molar-refractivity contribution in [2.24, 2.45) is 14.1 Å². The van der Waals surface area contributed by atoms with Crippen LogP contribution in [0.3, 0.4) is 0 Å². The number of hydrogen-bond acceptors (Lipinski definition) is 5. The van der Waals surface area contributed by atoms with Crippen molar-refractivity contribution in [2.75, 3.05) is 6.61 Å². The Balaban J connectivity index is 1.88. The Bertz CT molecular complexity index is 1640. The molecule has 9 nitrogen and oxygen atoms in total. The van der Waals surface area contributed by atoms with Crippen LogP contribution in [-0.2, 0) is 25.4 Å². The van der Waals surface area contributed by atoms with Gasteiger partial charge in [-0.05, 0) is 24.0 Å². The smallest absolute Gasteiger partial charge is 0.331 e. The highest BCUT2D eigenvalue weighted by atomic mass is 16.6. The van der Waals surface area contributed by atoms with E-state index in [1.54, 1.807) is 26.1 Å². The molecule has 0 fully saturated rings. The lowest BCUT2D eigenvalue weighted by Gasteiger charge is -2.28. The molecule has 0 saturated carbocycles. The van der Waals surface area contributed by atoms with Crippen molar-refractivity contribution in [3.8, 4) is 11.3 Å². The Labute approximate surface area is 207 Å². The van der Waals surface area contributed by atoms with E-state index >= 15 is 0 Å². The average molecular weight is 489 g/mol. The fourth-order valence-electron chi connectivity index (χ4n) is 5.14. The zero-order valence-electron chi connectivity index (χ0n) is 20.9. The first-order valence-electron chi connectivity index (χ1n) is 11.9. The van der Waals surface area contributed by atoms with E-state index in [-0.39, 0.29) is 5.69 Å². The normalized spacial score (nSPS) is 15.4. The van der Waals surface area contributed by atoms with Gasteiger partial charge in [-0.2, -0.15) is 0 Å². The molecule has 1 atom stereocenters. The predicted octanol–water partition coefficient (Wildman–Crippen LogP) is 4.17. The maximum Gasteiger partial charge on any atom is 0.331 e. The summed E-state index contributed by atoms with van der Waals surface area (Å²) in [6, 6.07) is 13.1. The number of nitrogens with zero attached hydrogens (tertiary/aromatic N) is 4. The van der Waals surface area contributed by atoms with E-state index in [4.69, 9.17) is 4.74 Å². The average Bonchev–Trinajstić information content (AvgIpc) is 3.22. The molecular formula is C27H28N4O5. The molecule has 1 aliphatic rings. The monoisotopic (exact) mass is 488 g/mol. The van der Waals surface area contributed by atoms with Crippen molar-refractivity contribution in [1.82, 2.24) is 13.7 Å². The lowest BCUT2D eigenvalue weighted by Crippen LogP contribution is -2.37. The number of ether oxygens (including phenoxy) is 1. The summed E-state index contributed by atoms with van der Waals surface area (Å²) < 4.78 is 10.8. The van der Waals surface area contributed by atoms with E-state index in [0.29, 0.717) is 52.5 Å².